The highest BCUT2D eigenvalue weighted by molar-refractivity contribution is 6.31. The van der Waals surface area contributed by atoms with Crippen LogP contribution in [0.5, 0.6) is 5.75 Å². The summed E-state index contributed by atoms with van der Waals surface area (Å²) in [5, 5.41) is 7.88. The molecule has 1 aliphatic carbocycles. The van der Waals surface area contributed by atoms with E-state index in [2.05, 4.69) is 10.2 Å². The number of ether oxygens (including phenoxy) is 1. The van der Waals surface area contributed by atoms with Crippen LogP contribution in [0.4, 0.5) is 0 Å². The first-order chi connectivity index (χ1) is 13.2. The predicted octanol–water partition coefficient (Wildman–Crippen LogP) is 4.54. The van der Waals surface area contributed by atoms with Crippen LogP contribution in [0.25, 0.3) is 11.3 Å². The molecule has 138 valence electrons. The fourth-order valence-electron chi connectivity index (χ4n) is 3.08. The summed E-state index contributed by atoms with van der Waals surface area (Å²) in [5.74, 6) is 0.695. The molecule has 1 heterocycles. The number of amides is 1. The molecule has 5 nitrogen and oxygen atoms in total. The minimum Gasteiger partial charge on any atom is -0.497 e. The average Bonchev–Trinajstić information content (AvgIpc) is 3.42. The Morgan fingerprint density at radius 2 is 2.04 bits per heavy atom. The predicted molar refractivity (Wildman–Crippen MR) is 105 cm³/mol. The summed E-state index contributed by atoms with van der Waals surface area (Å²) >= 11 is 6.29. The molecule has 2 aromatic carbocycles. The Morgan fingerprint density at radius 1 is 1.22 bits per heavy atom. The molecule has 0 unspecified atom stereocenters. The van der Waals surface area contributed by atoms with Crippen LogP contribution in [0.3, 0.4) is 0 Å². The van der Waals surface area contributed by atoms with E-state index in [0.717, 1.165) is 29.7 Å². The van der Waals surface area contributed by atoms with E-state index in [4.69, 9.17) is 16.3 Å². The Morgan fingerprint density at radius 3 is 2.78 bits per heavy atom. The van der Waals surface area contributed by atoms with E-state index in [1.54, 1.807) is 13.2 Å². The molecule has 0 saturated heterocycles. The number of benzene rings is 2. The monoisotopic (exact) mass is 381 g/mol. The molecular weight excluding hydrogens is 362 g/mol. The topological polar surface area (TPSA) is 58.2 Å². The summed E-state index contributed by atoms with van der Waals surface area (Å²) in [5.41, 5.74) is 3.04. The molecule has 1 N–H and O–H groups in total. The van der Waals surface area contributed by atoms with Gasteiger partial charge in [-0.3, -0.25) is 9.89 Å². The Balaban J connectivity index is 1.57. The number of nitrogens with one attached hydrogen (secondary N) is 1. The fourth-order valence-corrected chi connectivity index (χ4v) is 3.27. The number of H-pyrrole nitrogens is 1. The Hall–Kier alpha value is -2.79. The molecular formula is C21H20ClN3O2. The molecule has 1 saturated carbocycles. The lowest BCUT2D eigenvalue weighted by atomic mass is 10.1. The summed E-state index contributed by atoms with van der Waals surface area (Å²) in [6.07, 6.45) is 2.04. The fraction of sp³-hybridized carbons (Fsp3) is 0.238. The third-order valence-corrected chi connectivity index (χ3v) is 5.09. The summed E-state index contributed by atoms with van der Waals surface area (Å²) in [6.45, 7) is 0.497. The number of carbonyl (C=O) groups excluding carboxylic acids is 1. The number of carbonyl (C=O) groups is 1. The molecule has 0 atom stereocenters. The van der Waals surface area contributed by atoms with Crippen LogP contribution in [0.1, 0.15) is 28.9 Å². The number of aromatic nitrogens is 2. The molecule has 6 heteroatoms. The number of nitrogens with zero attached hydrogens (tertiary/aromatic N) is 2. The minimum atomic E-state index is -0.0564. The number of halogens is 1. The van der Waals surface area contributed by atoms with E-state index in [1.165, 1.54) is 0 Å². The van der Waals surface area contributed by atoms with Gasteiger partial charge in [-0.05, 0) is 42.7 Å². The summed E-state index contributed by atoms with van der Waals surface area (Å²) in [4.78, 5) is 15.0. The Bertz CT molecular complexity index is 965. The Labute approximate surface area is 162 Å². The van der Waals surface area contributed by atoms with E-state index < -0.39 is 0 Å². The maximum absolute atomic E-state index is 13.1. The molecule has 3 aromatic rings. The van der Waals surface area contributed by atoms with Crippen LogP contribution in [-0.4, -0.2) is 34.2 Å². The molecule has 1 aromatic heterocycles. The summed E-state index contributed by atoms with van der Waals surface area (Å²) in [6, 6.07) is 17.3. The number of rotatable bonds is 6. The second-order valence-electron chi connectivity index (χ2n) is 6.65. The van der Waals surface area contributed by atoms with Crippen molar-refractivity contribution in [2.75, 3.05) is 7.11 Å². The quantitative estimate of drug-likeness (QED) is 0.681. The molecule has 0 bridgehead atoms. The van der Waals surface area contributed by atoms with Gasteiger partial charge in [-0.15, -0.1) is 0 Å². The highest BCUT2D eigenvalue weighted by Gasteiger charge is 2.34. The average molecular weight is 382 g/mol. The van der Waals surface area contributed by atoms with Gasteiger partial charge in [0.25, 0.3) is 5.91 Å². The zero-order chi connectivity index (χ0) is 18.8. The smallest absolute Gasteiger partial charge is 0.272 e. The zero-order valence-corrected chi connectivity index (χ0v) is 15.7. The van der Waals surface area contributed by atoms with Gasteiger partial charge in [0.05, 0.1) is 12.8 Å². The third kappa shape index (κ3) is 3.83. The van der Waals surface area contributed by atoms with Crippen molar-refractivity contribution in [1.29, 1.82) is 0 Å². The minimum absolute atomic E-state index is 0.0564. The Kier molecular flexibility index (Phi) is 4.86. The first kappa shape index (κ1) is 17.6. The van der Waals surface area contributed by atoms with Crippen LogP contribution < -0.4 is 4.74 Å². The van der Waals surface area contributed by atoms with Crippen LogP contribution in [0, 0.1) is 0 Å². The van der Waals surface area contributed by atoms with Crippen molar-refractivity contribution in [3.05, 3.63) is 70.9 Å². The molecule has 1 aliphatic rings. The van der Waals surface area contributed by atoms with Crippen LogP contribution >= 0.6 is 11.6 Å². The SMILES string of the molecule is COc1cccc(-c2cc(C(=O)N(Cc3ccccc3Cl)C3CC3)[nH]n2)c1. The normalized spacial score (nSPS) is 13.4. The molecule has 1 amide bonds. The highest BCUT2D eigenvalue weighted by atomic mass is 35.5. The second-order valence-corrected chi connectivity index (χ2v) is 7.06. The standard InChI is InChI=1S/C21H20ClN3O2/c1-27-17-7-4-6-14(11-17)19-12-20(24-23-19)21(26)25(16-9-10-16)13-15-5-2-3-8-18(15)22/h2-8,11-12,16H,9-10,13H2,1H3,(H,23,24). The molecule has 1 fully saturated rings. The number of hydrogen-bond acceptors (Lipinski definition) is 3. The van der Waals surface area contributed by atoms with Gasteiger partial charge in [-0.1, -0.05) is 41.9 Å². The van der Waals surface area contributed by atoms with E-state index in [1.807, 2.05) is 53.4 Å². The maximum atomic E-state index is 13.1. The number of aromatic amines is 1. The summed E-state index contributed by atoms with van der Waals surface area (Å²) in [7, 11) is 1.63. The van der Waals surface area contributed by atoms with Gasteiger partial charge in [0.1, 0.15) is 11.4 Å². The lowest BCUT2D eigenvalue weighted by Crippen LogP contribution is -2.33. The van der Waals surface area contributed by atoms with Crippen molar-refractivity contribution in [1.82, 2.24) is 15.1 Å². The summed E-state index contributed by atoms with van der Waals surface area (Å²) < 4.78 is 5.26. The van der Waals surface area contributed by atoms with Crippen LogP contribution in [0.2, 0.25) is 5.02 Å². The highest BCUT2D eigenvalue weighted by Crippen LogP contribution is 2.31. The van der Waals surface area contributed by atoms with Gasteiger partial charge >= 0.3 is 0 Å². The van der Waals surface area contributed by atoms with Crippen LogP contribution in [-0.2, 0) is 6.54 Å². The van der Waals surface area contributed by atoms with Gasteiger partial charge in [-0.25, -0.2) is 0 Å². The lowest BCUT2D eigenvalue weighted by Gasteiger charge is -2.22. The van der Waals surface area contributed by atoms with E-state index in [-0.39, 0.29) is 11.9 Å². The van der Waals surface area contributed by atoms with Gasteiger partial charge < -0.3 is 9.64 Å². The van der Waals surface area contributed by atoms with Crippen molar-refractivity contribution < 1.29 is 9.53 Å². The second kappa shape index (κ2) is 7.45. The van der Waals surface area contributed by atoms with Crippen molar-refractivity contribution in [3.8, 4) is 17.0 Å². The van der Waals surface area contributed by atoms with Gasteiger partial charge in [-0.2, -0.15) is 5.10 Å². The van der Waals surface area contributed by atoms with Crippen molar-refractivity contribution in [2.24, 2.45) is 0 Å². The molecule has 0 aliphatic heterocycles. The number of hydrogen-bond donors (Lipinski definition) is 1. The third-order valence-electron chi connectivity index (χ3n) is 4.72. The maximum Gasteiger partial charge on any atom is 0.272 e. The van der Waals surface area contributed by atoms with Gasteiger partial charge in [0.2, 0.25) is 0 Å². The van der Waals surface area contributed by atoms with E-state index >= 15 is 0 Å². The van der Waals surface area contributed by atoms with Crippen molar-refractivity contribution in [2.45, 2.75) is 25.4 Å². The van der Waals surface area contributed by atoms with Crippen molar-refractivity contribution >= 4 is 17.5 Å². The van der Waals surface area contributed by atoms with Gasteiger partial charge in [0.15, 0.2) is 0 Å². The van der Waals surface area contributed by atoms with Gasteiger partial charge in [0, 0.05) is 23.2 Å². The number of methoxy groups -OCH3 is 1. The first-order valence-corrected chi connectivity index (χ1v) is 9.27. The lowest BCUT2D eigenvalue weighted by molar-refractivity contribution is 0.0724. The molecule has 27 heavy (non-hydrogen) atoms. The van der Waals surface area contributed by atoms with Crippen LogP contribution in [0.15, 0.2) is 54.6 Å². The molecule has 0 spiro atoms. The first-order valence-electron chi connectivity index (χ1n) is 8.90. The van der Waals surface area contributed by atoms with E-state index in [9.17, 15) is 4.79 Å². The molecule has 4 rings (SSSR count). The van der Waals surface area contributed by atoms with Crippen molar-refractivity contribution in [3.63, 3.8) is 0 Å². The zero-order valence-electron chi connectivity index (χ0n) is 15.0. The largest absolute Gasteiger partial charge is 0.497 e. The van der Waals surface area contributed by atoms with E-state index in [0.29, 0.717) is 23.0 Å². The molecule has 0 radical (unpaired) electrons.